The Hall–Kier alpha value is -2.98. The summed E-state index contributed by atoms with van der Waals surface area (Å²) in [7, 11) is 0. The second-order valence-electron chi connectivity index (χ2n) is 4.72. The van der Waals surface area contributed by atoms with E-state index in [2.05, 4.69) is 10.6 Å². The summed E-state index contributed by atoms with van der Waals surface area (Å²) in [6, 6.07) is 11.7. The number of nitriles is 1. The van der Waals surface area contributed by atoms with E-state index in [-0.39, 0.29) is 0 Å². The van der Waals surface area contributed by atoms with E-state index in [1.165, 1.54) is 0 Å². The maximum Gasteiger partial charge on any atom is 0.314 e. The smallest absolute Gasteiger partial charge is 0.314 e. The number of thioether (sulfide) groups is 1. The highest BCUT2D eigenvalue weighted by molar-refractivity contribution is 8.03. The summed E-state index contributed by atoms with van der Waals surface area (Å²) in [5.41, 5.74) is 7.99. The largest absolute Gasteiger partial charge is 0.397 e. The van der Waals surface area contributed by atoms with Crippen molar-refractivity contribution >= 4 is 40.6 Å². The first kappa shape index (κ1) is 16.4. The molecule has 2 aromatic carbocycles. The Balaban J connectivity index is 1.99. The fourth-order valence-electron chi connectivity index (χ4n) is 1.82. The molecule has 0 fully saturated rings. The molecule has 23 heavy (non-hydrogen) atoms. The van der Waals surface area contributed by atoms with E-state index in [1.54, 1.807) is 42.5 Å². The monoisotopic (exact) mass is 326 g/mol. The highest BCUT2D eigenvalue weighted by atomic mass is 32.2. The van der Waals surface area contributed by atoms with Gasteiger partial charge in [0.25, 0.3) is 0 Å². The number of nitrogens with two attached hydrogens (primary N) is 1. The number of carbonyl (C=O) groups excluding carboxylic acids is 2. The molecule has 2 aromatic rings. The Morgan fingerprint density at radius 3 is 2.35 bits per heavy atom. The van der Waals surface area contributed by atoms with Gasteiger partial charge in [0.1, 0.15) is 5.40 Å². The van der Waals surface area contributed by atoms with Crippen molar-refractivity contribution in [2.24, 2.45) is 0 Å². The van der Waals surface area contributed by atoms with Crippen molar-refractivity contribution in [3.8, 4) is 5.40 Å². The molecule has 0 atom stereocenters. The van der Waals surface area contributed by atoms with Gasteiger partial charge < -0.3 is 16.4 Å². The lowest BCUT2D eigenvalue weighted by Crippen LogP contribution is -2.29. The van der Waals surface area contributed by atoms with Gasteiger partial charge in [0.2, 0.25) is 0 Å². The summed E-state index contributed by atoms with van der Waals surface area (Å²) in [5.74, 6) is -1.61. The quantitative estimate of drug-likeness (QED) is 0.348. The molecular weight excluding hydrogens is 312 g/mol. The van der Waals surface area contributed by atoms with Crippen LogP contribution in [0.25, 0.3) is 0 Å². The number of nitrogens with one attached hydrogen (secondary N) is 2. The number of hydrogen-bond acceptors (Lipinski definition) is 5. The minimum absolute atomic E-state index is 0.386. The van der Waals surface area contributed by atoms with Gasteiger partial charge in [-0.15, -0.1) is 0 Å². The number of aryl methyl sites for hydroxylation is 1. The van der Waals surface area contributed by atoms with Crippen LogP contribution in [0.4, 0.5) is 17.1 Å². The first-order chi connectivity index (χ1) is 11.0. The summed E-state index contributed by atoms with van der Waals surface area (Å²) in [6.07, 6.45) is 0. The topological polar surface area (TPSA) is 108 Å². The highest BCUT2D eigenvalue weighted by Crippen LogP contribution is 2.20. The number of thiocyanates is 1. The third kappa shape index (κ3) is 4.49. The van der Waals surface area contributed by atoms with Crippen molar-refractivity contribution in [1.82, 2.24) is 0 Å². The van der Waals surface area contributed by atoms with Gasteiger partial charge in [0, 0.05) is 10.6 Å². The number of nitrogens with zero attached hydrogens (tertiary/aromatic N) is 1. The molecule has 0 unspecified atom stereocenters. The van der Waals surface area contributed by atoms with Gasteiger partial charge >= 0.3 is 11.8 Å². The average molecular weight is 326 g/mol. The molecule has 0 aromatic heterocycles. The maximum atomic E-state index is 11.9. The zero-order valence-corrected chi connectivity index (χ0v) is 13.1. The summed E-state index contributed by atoms with van der Waals surface area (Å²) in [6.45, 7) is 1.88. The van der Waals surface area contributed by atoms with E-state index in [4.69, 9.17) is 11.0 Å². The number of rotatable bonds is 3. The lowest BCUT2D eigenvalue weighted by atomic mass is 10.2. The van der Waals surface area contributed by atoms with Crippen LogP contribution in [-0.2, 0) is 9.59 Å². The normalized spacial score (nSPS) is 9.74. The van der Waals surface area contributed by atoms with Crippen LogP contribution >= 0.6 is 11.8 Å². The molecule has 0 spiro atoms. The third-order valence-corrected chi connectivity index (χ3v) is 3.54. The van der Waals surface area contributed by atoms with Crippen molar-refractivity contribution in [1.29, 1.82) is 5.26 Å². The van der Waals surface area contributed by atoms with E-state index in [9.17, 15) is 9.59 Å². The van der Waals surface area contributed by atoms with Crippen molar-refractivity contribution < 1.29 is 9.59 Å². The lowest BCUT2D eigenvalue weighted by molar-refractivity contribution is -0.132. The molecule has 6 nitrogen and oxygen atoms in total. The van der Waals surface area contributed by atoms with Gasteiger partial charge in [-0.3, -0.25) is 9.59 Å². The van der Waals surface area contributed by atoms with Crippen LogP contribution in [0.1, 0.15) is 5.56 Å². The predicted molar refractivity (Wildman–Crippen MR) is 90.8 cm³/mol. The molecule has 0 heterocycles. The van der Waals surface area contributed by atoms with Crippen molar-refractivity contribution in [2.45, 2.75) is 11.8 Å². The molecule has 0 saturated carbocycles. The highest BCUT2D eigenvalue weighted by Gasteiger charge is 2.15. The minimum atomic E-state index is -0.809. The standard InChI is InChI=1S/C16H14N4O2S/c1-10-2-7-14(13(18)8-10)20-16(22)15(21)19-11-3-5-12(6-4-11)23-9-17/h2-8H,18H2,1H3,(H,19,21)(H,20,22). The Kier molecular flexibility index (Phi) is 5.23. The Morgan fingerprint density at radius 1 is 1.09 bits per heavy atom. The average Bonchev–Trinajstić information content (AvgIpc) is 2.52. The molecule has 116 valence electrons. The van der Waals surface area contributed by atoms with Gasteiger partial charge in [-0.1, -0.05) is 6.07 Å². The van der Waals surface area contributed by atoms with Crippen LogP contribution in [0.2, 0.25) is 0 Å². The second kappa shape index (κ2) is 7.33. The Morgan fingerprint density at radius 2 is 1.74 bits per heavy atom. The van der Waals surface area contributed by atoms with Crippen LogP contribution in [0.5, 0.6) is 0 Å². The van der Waals surface area contributed by atoms with E-state index < -0.39 is 11.8 Å². The van der Waals surface area contributed by atoms with Crippen molar-refractivity contribution in [3.63, 3.8) is 0 Å². The summed E-state index contributed by atoms with van der Waals surface area (Å²) in [5, 5.41) is 15.5. The lowest BCUT2D eigenvalue weighted by Gasteiger charge is -2.09. The predicted octanol–water partition coefficient (Wildman–Crippen LogP) is 2.73. The van der Waals surface area contributed by atoms with E-state index in [0.29, 0.717) is 17.1 Å². The molecular formula is C16H14N4O2S. The van der Waals surface area contributed by atoms with E-state index in [1.807, 2.05) is 12.3 Å². The first-order valence-electron chi connectivity index (χ1n) is 6.64. The molecule has 0 bridgehead atoms. The zero-order valence-electron chi connectivity index (χ0n) is 12.3. The second-order valence-corrected chi connectivity index (χ2v) is 5.57. The van der Waals surface area contributed by atoms with E-state index in [0.717, 1.165) is 22.2 Å². The van der Waals surface area contributed by atoms with E-state index >= 15 is 0 Å². The van der Waals surface area contributed by atoms with Gasteiger partial charge in [-0.2, -0.15) is 5.26 Å². The van der Waals surface area contributed by atoms with Crippen LogP contribution in [0.3, 0.4) is 0 Å². The van der Waals surface area contributed by atoms with Crippen LogP contribution in [-0.4, -0.2) is 11.8 Å². The van der Waals surface area contributed by atoms with Gasteiger partial charge in [0.05, 0.1) is 11.4 Å². The van der Waals surface area contributed by atoms with Crippen LogP contribution in [0.15, 0.2) is 47.4 Å². The summed E-state index contributed by atoms with van der Waals surface area (Å²) >= 11 is 1.01. The maximum absolute atomic E-state index is 11.9. The molecule has 0 aliphatic heterocycles. The first-order valence-corrected chi connectivity index (χ1v) is 7.45. The third-order valence-electron chi connectivity index (χ3n) is 2.94. The van der Waals surface area contributed by atoms with Gasteiger partial charge in [0.15, 0.2) is 0 Å². The molecule has 0 aliphatic carbocycles. The summed E-state index contributed by atoms with van der Waals surface area (Å²) < 4.78 is 0. The Labute approximate surface area is 137 Å². The van der Waals surface area contributed by atoms with Gasteiger partial charge in [-0.25, -0.2) is 0 Å². The fraction of sp³-hybridized carbons (Fsp3) is 0.0625. The Bertz CT molecular complexity index is 782. The number of benzene rings is 2. The number of nitrogen functional groups attached to an aromatic ring is 1. The number of amides is 2. The minimum Gasteiger partial charge on any atom is -0.397 e. The molecule has 7 heteroatoms. The van der Waals surface area contributed by atoms with Gasteiger partial charge in [-0.05, 0) is 60.6 Å². The van der Waals surface area contributed by atoms with Crippen molar-refractivity contribution in [3.05, 3.63) is 48.0 Å². The fourth-order valence-corrected chi connectivity index (χ4v) is 2.20. The SMILES string of the molecule is Cc1ccc(NC(=O)C(=O)Nc2ccc(SC#N)cc2)c(N)c1. The summed E-state index contributed by atoms with van der Waals surface area (Å²) in [4.78, 5) is 24.5. The van der Waals surface area contributed by atoms with Crippen molar-refractivity contribution in [2.75, 3.05) is 16.4 Å². The van der Waals surface area contributed by atoms with Crippen LogP contribution < -0.4 is 16.4 Å². The number of anilines is 3. The molecule has 2 rings (SSSR count). The number of carbonyl (C=O) groups is 2. The zero-order chi connectivity index (χ0) is 16.8. The number of hydrogen-bond donors (Lipinski definition) is 3. The van der Waals surface area contributed by atoms with Crippen LogP contribution in [0, 0.1) is 17.6 Å². The molecule has 2 amide bonds. The molecule has 0 saturated heterocycles. The molecule has 4 N–H and O–H groups in total. The molecule has 0 radical (unpaired) electrons. The molecule has 0 aliphatic rings.